The van der Waals surface area contributed by atoms with E-state index in [-0.39, 0.29) is 0 Å². The van der Waals surface area contributed by atoms with Gasteiger partial charge in [-0.2, -0.15) is 0 Å². The summed E-state index contributed by atoms with van der Waals surface area (Å²) in [7, 11) is 0. The molecule has 0 saturated carbocycles. The zero-order valence-electron chi connectivity index (χ0n) is 8.71. The van der Waals surface area contributed by atoms with E-state index in [2.05, 4.69) is 25.0 Å². The molecule has 0 bridgehead atoms. The predicted molar refractivity (Wildman–Crippen MR) is 57.4 cm³/mol. The van der Waals surface area contributed by atoms with Crippen molar-refractivity contribution < 1.29 is 4.74 Å². The van der Waals surface area contributed by atoms with Gasteiger partial charge in [0.1, 0.15) is 6.61 Å². The molecule has 0 aromatic rings. The summed E-state index contributed by atoms with van der Waals surface area (Å²) in [5.74, 6) is 2.86. The average molecular weight is 178 g/mol. The lowest BCUT2D eigenvalue weighted by Crippen LogP contribution is -2.07. The fourth-order valence-corrected chi connectivity index (χ4v) is 1.13. The third kappa shape index (κ3) is 5.27. The number of hydrogen-bond acceptors (Lipinski definition) is 1. The Bertz CT molecular complexity index is 218. The maximum atomic E-state index is 5.26. The van der Waals surface area contributed by atoms with Gasteiger partial charge in [0, 0.05) is 5.92 Å². The zero-order chi connectivity index (χ0) is 10.1. The van der Waals surface area contributed by atoms with E-state index in [1.165, 1.54) is 5.57 Å². The molecule has 1 unspecified atom stereocenters. The van der Waals surface area contributed by atoms with Crippen LogP contribution < -0.4 is 0 Å². The molecule has 1 heteroatoms. The second-order valence-electron chi connectivity index (χ2n) is 2.91. The molecule has 0 aliphatic heterocycles. The fraction of sp³-hybridized carbons (Fsp3) is 0.500. The van der Waals surface area contributed by atoms with Crippen molar-refractivity contribution in [3.05, 3.63) is 23.8 Å². The van der Waals surface area contributed by atoms with Gasteiger partial charge in [0.2, 0.25) is 0 Å². The minimum absolute atomic E-state index is 0.400. The summed E-state index contributed by atoms with van der Waals surface area (Å²) < 4.78 is 5.26. The first kappa shape index (κ1) is 12.0. The van der Waals surface area contributed by atoms with Crippen molar-refractivity contribution in [1.82, 2.24) is 0 Å². The van der Waals surface area contributed by atoms with Gasteiger partial charge in [-0.05, 0) is 19.4 Å². The summed E-state index contributed by atoms with van der Waals surface area (Å²) in [5.41, 5.74) is 1.29. The molecule has 0 radical (unpaired) electrons. The lowest BCUT2D eigenvalue weighted by atomic mass is 10.0. The number of hydrogen-bond donors (Lipinski definition) is 0. The van der Waals surface area contributed by atoms with Crippen LogP contribution in [0.15, 0.2) is 23.8 Å². The number of terminal acetylenes is 1. The number of rotatable bonds is 5. The normalized spacial score (nSPS) is 14.5. The highest BCUT2D eigenvalue weighted by Crippen LogP contribution is 2.12. The van der Waals surface area contributed by atoms with Crippen LogP contribution in [-0.2, 0) is 4.74 Å². The van der Waals surface area contributed by atoms with Gasteiger partial charge in [0.25, 0.3) is 0 Å². The molecular weight excluding hydrogens is 160 g/mol. The van der Waals surface area contributed by atoms with Crippen molar-refractivity contribution >= 4 is 0 Å². The molecule has 0 aliphatic carbocycles. The fourth-order valence-electron chi connectivity index (χ4n) is 1.13. The minimum Gasteiger partial charge on any atom is -0.368 e. The van der Waals surface area contributed by atoms with E-state index in [4.69, 9.17) is 11.2 Å². The van der Waals surface area contributed by atoms with Crippen LogP contribution in [0.2, 0.25) is 0 Å². The maximum Gasteiger partial charge on any atom is 0.107 e. The molecule has 0 spiro atoms. The molecule has 0 fully saturated rings. The topological polar surface area (TPSA) is 9.23 Å². The van der Waals surface area contributed by atoms with Crippen molar-refractivity contribution in [2.75, 3.05) is 13.2 Å². The standard InChI is InChI=1S/C12H18O/c1-5-8-12(7-3)11(4)10-13-9-6-2/h2,5,7-8,11H,9-10H2,1,3-4H3. The highest BCUT2D eigenvalue weighted by atomic mass is 16.5. The van der Waals surface area contributed by atoms with Crippen LogP contribution in [0.4, 0.5) is 0 Å². The van der Waals surface area contributed by atoms with Crippen LogP contribution in [0.3, 0.4) is 0 Å². The minimum atomic E-state index is 0.400. The van der Waals surface area contributed by atoms with Crippen LogP contribution >= 0.6 is 0 Å². The number of allylic oxidation sites excluding steroid dienone is 3. The van der Waals surface area contributed by atoms with E-state index in [1.54, 1.807) is 0 Å². The van der Waals surface area contributed by atoms with Gasteiger partial charge < -0.3 is 4.74 Å². The van der Waals surface area contributed by atoms with Gasteiger partial charge >= 0.3 is 0 Å². The maximum absolute atomic E-state index is 5.26. The molecule has 13 heavy (non-hydrogen) atoms. The molecule has 0 amide bonds. The summed E-state index contributed by atoms with van der Waals surface area (Å²) in [4.78, 5) is 0. The van der Waals surface area contributed by atoms with Gasteiger partial charge in [0.15, 0.2) is 0 Å². The zero-order valence-corrected chi connectivity index (χ0v) is 8.71. The van der Waals surface area contributed by atoms with E-state index < -0.39 is 0 Å². The van der Waals surface area contributed by atoms with Gasteiger partial charge in [0.05, 0.1) is 6.61 Å². The van der Waals surface area contributed by atoms with E-state index in [0.29, 0.717) is 19.1 Å². The molecule has 0 aromatic carbocycles. The van der Waals surface area contributed by atoms with Crippen LogP contribution in [0.5, 0.6) is 0 Å². The summed E-state index contributed by atoms with van der Waals surface area (Å²) in [5, 5.41) is 0. The first-order valence-electron chi connectivity index (χ1n) is 4.56. The largest absolute Gasteiger partial charge is 0.368 e. The Hall–Kier alpha value is -1.00. The molecule has 72 valence electrons. The molecule has 1 atom stereocenters. The molecular formula is C12H18O. The lowest BCUT2D eigenvalue weighted by molar-refractivity contribution is 0.145. The van der Waals surface area contributed by atoms with Gasteiger partial charge in [-0.15, -0.1) is 6.42 Å². The Morgan fingerprint density at radius 2 is 2.23 bits per heavy atom. The van der Waals surface area contributed by atoms with Crippen molar-refractivity contribution in [3.63, 3.8) is 0 Å². The highest BCUT2D eigenvalue weighted by molar-refractivity contribution is 5.19. The molecule has 0 aliphatic rings. The summed E-state index contributed by atoms with van der Waals surface area (Å²) in [6.07, 6.45) is 11.3. The second-order valence-corrected chi connectivity index (χ2v) is 2.91. The Morgan fingerprint density at radius 3 is 2.69 bits per heavy atom. The molecule has 0 N–H and O–H groups in total. The van der Waals surface area contributed by atoms with Crippen molar-refractivity contribution in [2.45, 2.75) is 20.8 Å². The van der Waals surface area contributed by atoms with Crippen LogP contribution in [-0.4, -0.2) is 13.2 Å². The molecule has 1 nitrogen and oxygen atoms in total. The average Bonchev–Trinajstić information content (AvgIpc) is 2.14. The van der Waals surface area contributed by atoms with E-state index in [0.717, 1.165) is 0 Å². The van der Waals surface area contributed by atoms with Gasteiger partial charge in [-0.1, -0.05) is 31.1 Å². The summed E-state index contributed by atoms with van der Waals surface area (Å²) >= 11 is 0. The first-order valence-corrected chi connectivity index (χ1v) is 4.56. The molecule has 0 rings (SSSR count). The Kier molecular flexibility index (Phi) is 7.05. The third-order valence-corrected chi connectivity index (χ3v) is 1.81. The Balaban J connectivity index is 3.94. The first-order chi connectivity index (χ1) is 6.26. The van der Waals surface area contributed by atoms with Crippen molar-refractivity contribution in [3.8, 4) is 12.3 Å². The molecule has 0 saturated heterocycles. The third-order valence-electron chi connectivity index (χ3n) is 1.81. The second kappa shape index (κ2) is 7.64. The van der Waals surface area contributed by atoms with Crippen LogP contribution in [0.1, 0.15) is 20.8 Å². The molecule has 0 aromatic heterocycles. The van der Waals surface area contributed by atoms with E-state index >= 15 is 0 Å². The predicted octanol–water partition coefficient (Wildman–Crippen LogP) is 2.79. The molecule has 0 heterocycles. The number of ether oxygens (including phenoxy) is 1. The summed E-state index contributed by atoms with van der Waals surface area (Å²) in [6.45, 7) is 7.27. The van der Waals surface area contributed by atoms with Crippen molar-refractivity contribution in [2.24, 2.45) is 5.92 Å². The van der Waals surface area contributed by atoms with Crippen molar-refractivity contribution in [1.29, 1.82) is 0 Å². The van der Waals surface area contributed by atoms with Crippen LogP contribution in [0.25, 0.3) is 0 Å². The summed E-state index contributed by atoms with van der Waals surface area (Å²) in [6, 6.07) is 0. The highest BCUT2D eigenvalue weighted by Gasteiger charge is 2.04. The van der Waals surface area contributed by atoms with Crippen LogP contribution in [0, 0.1) is 18.3 Å². The SMILES string of the molecule is C#CCOCC(C)C(C=CC)=CC. The Morgan fingerprint density at radius 1 is 1.54 bits per heavy atom. The van der Waals surface area contributed by atoms with Gasteiger partial charge in [-0.25, -0.2) is 0 Å². The quantitative estimate of drug-likeness (QED) is 0.357. The van der Waals surface area contributed by atoms with E-state index in [9.17, 15) is 0 Å². The van der Waals surface area contributed by atoms with Gasteiger partial charge in [-0.3, -0.25) is 0 Å². The lowest BCUT2D eigenvalue weighted by Gasteiger charge is -2.11. The smallest absolute Gasteiger partial charge is 0.107 e. The Labute approximate surface area is 81.5 Å². The van der Waals surface area contributed by atoms with E-state index in [1.807, 2.05) is 19.9 Å². The monoisotopic (exact) mass is 178 g/mol.